The molecule has 3 nitrogen and oxygen atoms in total. The lowest BCUT2D eigenvalue weighted by atomic mass is 10.1. The smallest absolute Gasteiger partial charge is 0.250 e. The summed E-state index contributed by atoms with van der Waals surface area (Å²) in [5, 5.41) is 0. The van der Waals surface area contributed by atoms with E-state index in [-0.39, 0.29) is 0 Å². The third-order valence-electron chi connectivity index (χ3n) is 2.70. The third-order valence-corrected chi connectivity index (χ3v) is 2.70. The van der Waals surface area contributed by atoms with Crippen molar-refractivity contribution < 1.29 is 4.79 Å². The average molecular weight is 226 g/mol. The van der Waals surface area contributed by atoms with Gasteiger partial charge in [0.1, 0.15) is 0 Å². The van der Waals surface area contributed by atoms with Crippen molar-refractivity contribution in [2.24, 2.45) is 5.73 Å². The van der Waals surface area contributed by atoms with Gasteiger partial charge in [-0.3, -0.25) is 9.78 Å². The Morgan fingerprint density at radius 1 is 1.06 bits per heavy atom. The number of aromatic nitrogens is 1. The van der Waals surface area contributed by atoms with Crippen LogP contribution in [0, 0.1) is 13.8 Å². The van der Waals surface area contributed by atoms with Gasteiger partial charge in [-0.1, -0.05) is 29.8 Å². The van der Waals surface area contributed by atoms with Crippen LogP contribution in [0.4, 0.5) is 0 Å². The number of pyridine rings is 1. The number of benzene rings is 1. The highest BCUT2D eigenvalue weighted by Gasteiger charge is 2.07. The second kappa shape index (κ2) is 4.37. The Kier molecular flexibility index (Phi) is 2.91. The Morgan fingerprint density at radius 3 is 2.24 bits per heavy atom. The molecule has 1 aromatic heterocycles. The van der Waals surface area contributed by atoms with Gasteiger partial charge in [0.25, 0.3) is 5.91 Å². The highest BCUT2D eigenvalue weighted by atomic mass is 16.1. The maximum atomic E-state index is 11.1. The molecular weight excluding hydrogens is 212 g/mol. The normalized spacial score (nSPS) is 10.2. The lowest BCUT2D eigenvalue weighted by Gasteiger charge is -2.05. The molecular formula is C14H14N2O. The maximum Gasteiger partial charge on any atom is 0.250 e. The topological polar surface area (TPSA) is 56.0 Å². The molecule has 0 aliphatic rings. The summed E-state index contributed by atoms with van der Waals surface area (Å²) >= 11 is 0. The van der Waals surface area contributed by atoms with Gasteiger partial charge < -0.3 is 5.73 Å². The van der Waals surface area contributed by atoms with Crippen molar-refractivity contribution in [3.63, 3.8) is 0 Å². The Morgan fingerprint density at radius 2 is 1.71 bits per heavy atom. The second-order valence-electron chi connectivity index (χ2n) is 4.06. The molecule has 0 saturated heterocycles. The van der Waals surface area contributed by atoms with Gasteiger partial charge in [-0.25, -0.2) is 0 Å². The molecule has 2 N–H and O–H groups in total. The molecule has 3 heteroatoms. The van der Waals surface area contributed by atoms with E-state index >= 15 is 0 Å². The molecule has 1 amide bonds. The van der Waals surface area contributed by atoms with Crippen LogP contribution in [0.2, 0.25) is 0 Å². The zero-order chi connectivity index (χ0) is 12.4. The molecule has 0 bridgehead atoms. The first-order valence-electron chi connectivity index (χ1n) is 5.42. The summed E-state index contributed by atoms with van der Waals surface area (Å²) in [4.78, 5) is 15.5. The van der Waals surface area contributed by atoms with Gasteiger partial charge in [0.2, 0.25) is 0 Å². The minimum absolute atomic E-state index is 0.439. The van der Waals surface area contributed by atoms with Crippen LogP contribution in [-0.2, 0) is 0 Å². The van der Waals surface area contributed by atoms with E-state index in [0.717, 1.165) is 11.3 Å². The maximum absolute atomic E-state index is 11.1. The van der Waals surface area contributed by atoms with Crippen molar-refractivity contribution in [2.45, 2.75) is 13.8 Å². The summed E-state index contributed by atoms with van der Waals surface area (Å²) in [5.74, 6) is -0.439. The van der Waals surface area contributed by atoms with Crippen LogP contribution < -0.4 is 5.73 Å². The van der Waals surface area contributed by atoms with Crippen molar-refractivity contribution >= 4 is 5.91 Å². The Bertz CT molecular complexity index is 559. The summed E-state index contributed by atoms with van der Waals surface area (Å²) in [7, 11) is 0. The molecule has 2 aromatic rings. The number of amides is 1. The zero-order valence-corrected chi connectivity index (χ0v) is 9.90. The molecule has 1 aromatic carbocycles. The van der Waals surface area contributed by atoms with E-state index in [1.165, 1.54) is 5.56 Å². The number of aryl methyl sites for hydroxylation is 2. The quantitative estimate of drug-likeness (QED) is 0.855. The lowest BCUT2D eigenvalue weighted by molar-refractivity contribution is 0.0999. The van der Waals surface area contributed by atoms with Gasteiger partial charge in [-0.15, -0.1) is 0 Å². The van der Waals surface area contributed by atoms with Gasteiger partial charge >= 0.3 is 0 Å². The summed E-state index contributed by atoms with van der Waals surface area (Å²) in [6, 6.07) is 11.6. The summed E-state index contributed by atoms with van der Waals surface area (Å²) < 4.78 is 0. The monoisotopic (exact) mass is 226 g/mol. The van der Waals surface area contributed by atoms with Crippen molar-refractivity contribution in [2.75, 3.05) is 0 Å². The van der Waals surface area contributed by atoms with Crippen molar-refractivity contribution in [1.29, 1.82) is 0 Å². The third kappa shape index (κ3) is 2.33. The minimum atomic E-state index is -0.439. The number of primary amides is 1. The molecule has 86 valence electrons. The molecule has 0 atom stereocenters. The predicted octanol–water partition coefficient (Wildman–Crippen LogP) is 2.46. The van der Waals surface area contributed by atoms with Crippen molar-refractivity contribution in [1.82, 2.24) is 4.98 Å². The first-order chi connectivity index (χ1) is 8.08. The largest absolute Gasteiger partial charge is 0.366 e. The number of carbonyl (C=O) groups excluding carboxylic acids is 1. The van der Waals surface area contributed by atoms with E-state index in [1.54, 1.807) is 13.0 Å². The number of rotatable bonds is 2. The van der Waals surface area contributed by atoms with Crippen LogP contribution in [0.25, 0.3) is 11.3 Å². The second-order valence-corrected chi connectivity index (χ2v) is 4.06. The van der Waals surface area contributed by atoms with Crippen molar-refractivity contribution in [3.8, 4) is 11.3 Å². The summed E-state index contributed by atoms with van der Waals surface area (Å²) in [6.45, 7) is 3.83. The number of nitrogens with zero attached hydrogens (tertiary/aromatic N) is 1. The standard InChI is InChI=1S/C14H14N2O/c1-9-3-5-11(6-4-9)13-8-7-12(14(15)17)10(2)16-13/h3-8H,1-2H3,(H2,15,17). The minimum Gasteiger partial charge on any atom is -0.366 e. The molecule has 0 aliphatic carbocycles. The van der Waals surface area contributed by atoms with Gasteiger partial charge in [0, 0.05) is 5.56 Å². The van der Waals surface area contributed by atoms with Crippen molar-refractivity contribution in [3.05, 3.63) is 53.2 Å². The fourth-order valence-corrected chi connectivity index (χ4v) is 1.71. The Labute approximate surface area is 100 Å². The first-order valence-corrected chi connectivity index (χ1v) is 5.42. The molecule has 1 heterocycles. The molecule has 0 spiro atoms. The Balaban J connectivity index is 2.44. The van der Waals surface area contributed by atoms with Gasteiger partial charge in [-0.2, -0.15) is 0 Å². The highest BCUT2D eigenvalue weighted by molar-refractivity contribution is 5.94. The number of carbonyl (C=O) groups is 1. The van der Waals surface area contributed by atoms with Gasteiger partial charge in [-0.05, 0) is 26.0 Å². The predicted molar refractivity (Wildman–Crippen MR) is 67.7 cm³/mol. The van der Waals surface area contributed by atoms with E-state index in [4.69, 9.17) is 5.73 Å². The Hall–Kier alpha value is -2.16. The van der Waals surface area contributed by atoms with Crippen LogP contribution >= 0.6 is 0 Å². The lowest BCUT2D eigenvalue weighted by Crippen LogP contribution is -2.13. The fourth-order valence-electron chi connectivity index (χ4n) is 1.71. The molecule has 2 rings (SSSR count). The average Bonchev–Trinajstić information content (AvgIpc) is 2.29. The molecule has 0 unspecified atom stereocenters. The van der Waals surface area contributed by atoms with Crippen LogP contribution in [0.15, 0.2) is 36.4 Å². The molecule has 17 heavy (non-hydrogen) atoms. The molecule has 0 saturated carbocycles. The van der Waals surface area contributed by atoms with E-state index in [9.17, 15) is 4.79 Å². The van der Waals surface area contributed by atoms with E-state index in [0.29, 0.717) is 11.3 Å². The van der Waals surface area contributed by atoms with E-state index < -0.39 is 5.91 Å². The SMILES string of the molecule is Cc1ccc(-c2ccc(C(N)=O)c(C)n2)cc1. The molecule has 0 fully saturated rings. The zero-order valence-electron chi connectivity index (χ0n) is 9.90. The van der Waals surface area contributed by atoms with Crippen LogP contribution in [0.5, 0.6) is 0 Å². The van der Waals surface area contributed by atoms with Crippen LogP contribution in [0.1, 0.15) is 21.6 Å². The summed E-state index contributed by atoms with van der Waals surface area (Å²) in [6.07, 6.45) is 0. The van der Waals surface area contributed by atoms with Crippen LogP contribution in [-0.4, -0.2) is 10.9 Å². The molecule has 0 aliphatic heterocycles. The highest BCUT2D eigenvalue weighted by Crippen LogP contribution is 2.19. The van der Waals surface area contributed by atoms with Gasteiger partial charge in [0.05, 0.1) is 17.0 Å². The number of nitrogens with two attached hydrogens (primary N) is 1. The van der Waals surface area contributed by atoms with E-state index in [2.05, 4.69) is 4.98 Å². The number of hydrogen-bond acceptors (Lipinski definition) is 2. The fraction of sp³-hybridized carbons (Fsp3) is 0.143. The van der Waals surface area contributed by atoms with Crippen LogP contribution in [0.3, 0.4) is 0 Å². The first kappa shape index (κ1) is 11.3. The molecule has 0 radical (unpaired) electrons. The van der Waals surface area contributed by atoms with E-state index in [1.807, 2.05) is 37.3 Å². The number of hydrogen-bond donors (Lipinski definition) is 1. The van der Waals surface area contributed by atoms with Gasteiger partial charge in [0.15, 0.2) is 0 Å². The summed E-state index contributed by atoms with van der Waals surface area (Å²) in [5.41, 5.74) is 9.48.